The molecule has 2 saturated heterocycles. The van der Waals surface area contributed by atoms with Gasteiger partial charge in [-0.05, 0) is 62.9 Å². The van der Waals surface area contributed by atoms with Crippen molar-refractivity contribution in [1.29, 1.82) is 0 Å². The van der Waals surface area contributed by atoms with Gasteiger partial charge in [0.25, 0.3) is 5.91 Å². The fourth-order valence-electron chi connectivity index (χ4n) is 5.00. The Labute approximate surface area is 157 Å². The molecule has 0 saturated carbocycles. The van der Waals surface area contributed by atoms with Gasteiger partial charge in [0.2, 0.25) is 0 Å². The van der Waals surface area contributed by atoms with Crippen LogP contribution in [-0.4, -0.2) is 53.1 Å². The second-order valence-corrected chi connectivity index (χ2v) is 9.51. The first kappa shape index (κ1) is 18.0. The average Bonchev–Trinajstić information content (AvgIpc) is 3.30. The monoisotopic (exact) mass is 359 g/mol. The van der Waals surface area contributed by atoms with Crippen molar-refractivity contribution >= 4 is 5.91 Å². The summed E-state index contributed by atoms with van der Waals surface area (Å²) < 4.78 is 5.56. The van der Waals surface area contributed by atoms with Gasteiger partial charge in [0, 0.05) is 31.1 Å². The first-order valence-corrected chi connectivity index (χ1v) is 10.4. The quantitative estimate of drug-likeness (QED) is 0.811. The molecule has 1 aliphatic carbocycles. The lowest BCUT2D eigenvalue weighted by Crippen LogP contribution is -2.46. The molecule has 0 N–H and O–H groups in total. The van der Waals surface area contributed by atoms with E-state index in [1.54, 1.807) is 0 Å². The van der Waals surface area contributed by atoms with Crippen LogP contribution in [0.1, 0.15) is 74.7 Å². The van der Waals surface area contributed by atoms with Crippen LogP contribution in [-0.2, 0) is 12.8 Å². The third-order valence-electron chi connectivity index (χ3n) is 6.88. The van der Waals surface area contributed by atoms with E-state index < -0.39 is 0 Å². The minimum Gasteiger partial charge on any atom is -0.360 e. The largest absolute Gasteiger partial charge is 0.360 e. The number of amides is 1. The number of piperidine rings is 1. The highest BCUT2D eigenvalue weighted by molar-refractivity contribution is 5.94. The first-order chi connectivity index (χ1) is 12.4. The zero-order valence-electron chi connectivity index (χ0n) is 16.6. The van der Waals surface area contributed by atoms with E-state index in [0.29, 0.717) is 17.7 Å². The van der Waals surface area contributed by atoms with E-state index in [-0.39, 0.29) is 11.3 Å². The van der Waals surface area contributed by atoms with E-state index in [2.05, 4.69) is 30.8 Å². The van der Waals surface area contributed by atoms with Crippen molar-refractivity contribution in [3.8, 4) is 0 Å². The lowest BCUT2D eigenvalue weighted by molar-refractivity contribution is 0.0633. The molecule has 0 spiro atoms. The van der Waals surface area contributed by atoms with Crippen LogP contribution in [0.5, 0.6) is 0 Å². The highest BCUT2D eigenvalue weighted by Gasteiger charge is 2.36. The average molecular weight is 360 g/mol. The van der Waals surface area contributed by atoms with Crippen LogP contribution in [0.2, 0.25) is 0 Å². The summed E-state index contributed by atoms with van der Waals surface area (Å²) in [5.41, 5.74) is 1.93. The number of rotatable bonds is 2. The van der Waals surface area contributed by atoms with Crippen molar-refractivity contribution < 1.29 is 9.32 Å². The third kappa shape index (κ3) is 3.42. The molecule has 1 amide bonds. The van der Waals surface area contributed by atoms with Gasteiger partial charge in [0.1, 0.15) is 5.76 Å². The highest BCUT2D eigenvalue weighted by Crippen LogP contribution is 2.38. The van der Waals surface area contributed by atoms with Gasteiger partial charge in [0.05, 0.1) is 0 Å². The standard InChI is InChI=1S/C21H33N3O2/c1-21(2,3)15-6-7-18-17(14-15)19(22-26-18)20(25)24-12-8-16(9-13-24)23-10-4-5-11-23/h15-16H,4-14H2,1-3H3/t15-/m1/s1. The van der Waals surface area contributed by atoms with Crippen molar-refractivity contribution in [1.82, 2.24) is 15.0 Å². The molecule has 1 aromatic rings. The molecule has 144 valence electrons. The third-order valence-corrected chi connectivity index (χ3v) is 6.88. The predicted octanol–water partition coefficient (Wildman–Crippen LogP) is 3.53. The molecule has 4 rings (SSSR count). The Morgan fingerprint density at radius 1 is 1.08 bits per heavy atom. The smallest absolute Gasteiger partial charge is 0.276 e. The molecule has 0 radical (unpaired) electrons. The maximum absolute atomic E-state index is 13.1. The Hall–Kier alpha value is -1.36. The molecule has 26 heavy (non-hydrogen) atoms. The van der Waals surface area contributed by atoms with E-state index in [4.69, 9.17) is 4.52 Å². The fraction of sp³-hybridized carbons (Fsp3) is 0.810. The number of aryl methyl sites for hydroxylation is 1. The van der Waals surface area contributed by atoms with E-state index in [1.807, 2.05) is 4.90 Å². The Morgan fingerprint density at radius 3 is 2.42 bits per heavy atom. The van der Waals surface area contributed by atoms with Crippen molar-refractivity contribution in [2.45, 2.75) is 71.8 Å². The molecule has 3 heterocycles. The second kappa shape index (κ2) is 6.99. The highest BCUT2D eigenvalue weighted by atomic mass is 16.5. The minimum atomic E-state index is 0.0874. The normalized spacial score (nSPS) is 25.5. The molecule has 1 atom stereocenters. The molecule has 2 fully saturated rings. The second-order valence-electron chi connectivity index (χ2n) is 9.51. The summed E-state index contributed by atoms with van der Waals surface area (Å²) in [7, 11) is 0. The van der Waals surface area contributed by atoms with E-state index in [1.165, 1.54) is 25.9 Å². The summed E-state index contributed by atoms with van der Waals surface area (Å²) in [5, 5.41) is 4.21. The molecule has 0 bridgehead atoms. The Morgan fingerprint density at radius 2 is 1.77 bits per heavy atom. The van der Waals surface area contributed by atoms with Gasteiger partial charge in [-0.25, -0.2) is 0 Å². The van der Waals surface area contributed by atoms with Crippen molar-refractivity contribution in [2.24, 2.45) is 11.3 Å². The van der Waals surface area contributed by atoms with Crippen LogP contribution in [0.4, 0.5) is 0 Å². The maximum Gasteiger partial charge on any atom is 0.276 e. The number of aromatic nitrogens is 1. The Kier molecular flexibility index (Phi) is 4.84. The number of fused-ring (bicyclic) bond motifs is 1. The van der Waals surface area contributed by atoms with Crippen LogP contribution in [0.3, 0.4) is 0 Å². The number of hydrogen-bond acceptors (Lipinski definition) is 4. The van der Waals surface area contributed by atoms with Crippen LogP contribution in [0.25, 0.3) is 0 Å². The molecular weight excluding hydrogens is 326 g/mol. The van der Waals surface area contributed by atoms with Crippen molar-refractivity contribution in [3.63, 3.8) is 0 Å². The van der Waals surface area contributed by atoms with Gasteiger partial charge in [-0.2, -0.15) is 0 Å². The van der Waals surface area contributed by atoms with Gasteiger partial charge in [-0.3, -0.25) is 4.79 Å². The van der Waals surface area contributed by atoms with Crippen LogP contribution in [0.15, 0.2) is 4.52 Å². The minimum absolute atomic E-state index is 0.0874. The zero-order chi connectivity index (χ0) is 18.3. The first-order valence-electron chi connectivity index (χ1n) is 10.4. The van der Waals surface area contributed by atoms with Crippen molar-refractivity contribution in [3.05, 3.63) is 17.0 Å². The fourth-order valence-corrected chi connectivity index (χ4v) is 5.00. The van der Waals surface area contributed by atoms with Crippen LogP contribution in [0, 0.1) is 11.3 Å². The summed E-state index contributed by atoms with van der Waals surface area (Å²) in [5.74, 6) is 1.62. The summed E-state index contributed by atoms with van der Waals surface area (Å²) in [4.78, 5) is 17.7. The van der Waals surface area contributed by atoms with Crippen LogP contribution >= 0.6 is 0 Å². The van der Waals surface area contributed by atoms with E-state index in [0.717, 1.165) is 56.5 Å². The number of likely N-dealkylation sites (tertiary alicyclic amines) is 2. The summed E-state index contributed by atoms with van der Waals surface area (Å²) >= 11 is 0. The van der Waals surface area contributed by atoms with Gasteiger partial charge in [-0.1, -0.05) is 25.9 Å². The van der Waals surface area contributed by atoms with Gasteiger partial charge < -0.3 is 14.3 Å². The molecule has 3 aliphatic rings. The van der Waals surface area contributed by atoms with Crippen molar-refractivity contribution in [2.75, 3.05) is 26.2 Å². The topological polar surface area (TPSA) is 49.6 Å². The SMILES string of the molecule is CC(C)(C)[C@@H]1CCc2onc(C(=O)N3CCC(N4CCCC4)CC3)c2C1. The van der Waals surface area contributed by atoms with E-state index >= 15 is 0 Å². The zero-order valence-corrected chi connectivity index (χ0v) is 16.6. The summed E-state index contributed by atoms with van der Waals surface area (Å²) in [6.45, 7) is 11.1. The van der Waals surface area contributed by atoms with E-state index in [9.17, 15) is 4.79 Å². The number of carbonyl (C=O) groups is 1. The lowest BCUT2D eigenvalue weighted by Gasteiger charge is -2.36. The Bertz CT molecular complexity index is 647. The number of carbonyl (C=O) groups excluding carboxylic acids is 1. The van der Waals surface area contributed by atoms with Crippen LogP contribution < -0.4 is 0 Å². The molecule has 5 nitrogen and oxygen atoms in total. The molecule has 1 aromatic heterocycles. The van der Waals surface area contributed by atoms with Gasteiger partial charge in [0.15, 0.2) is 5.69 Å². The van der Waals surface area contributed by atoms with Gasteiger partial charge in [-0.15, -0.1) is 0 Å². The maximum atomic E-state index is 13.1. The summed E-state index contributed by atoms with van der Waals surface area (Å²) in [6, 6.07) is 0.665. The lowest BCUT2D eigenvalue weighted by atomic mass is 9.71. The molecule has 0 aromatic carbocycles. The van der Waals surface area contributed by atoms with Gasteiger partial charge >= 0.3 is 0 Å². The predicted molar refractivity (Wildman–Crippen MR) is 101 cm³/mol. The molecule has 5 heteroatoms. The number of hydrogen-bond donors (Lipinski definition) is 0. The molecule has 2 aliphatic heterocycles. The Balaban J connectivity index is 1.43. The molecule has 0 unspecified atom stereocenters. The number of nitrogens with zero attached hydrogens (tertiary/aromatic N) is 3. The summed E-state index contributed by atoms with van der Waals surface area (Å²) in [6.07, 6.45) is 7.81. The molecular formula is C21H33N3O2.